The highest BCUT2D eigenvalue weighted by Gasteiger charge is 2.74. The number of carbonyl (C=O) groups is 2. The second kappa shape index (κ2) is 4.97. The van der Waals surface area contributed by atoms with Crippen molar-refractivity contribution in [1.29, 1.82) is 0 Å². The summed E-state index contributed by atoms with van der Waals surface area (Å²) < 4.78 is 0. The summed E-state index contributed by atoms with van der Waals surface area (Å²) in [5.41, 5.74) is -2.53. The van der Waals surface area contributed by atoms with E-state index in [0.29, 0.717) is 24.7 Å². The first-order chi connectivity index (χ1) is 8.25. The molecule has 0 radical (unpaired) electrons. The lowest BCUT2D eigenvalue weighted by Gasteiger charge is -2.67. The standard InChI is InChI=1S/C14H20O4.2BrH/c1-12-4-8-3-9(5-12)7-14(6-8,11(17)18)13(12,2)10(15)16;;/h8-9H,3-7H2,1-2H3,(H,15,16)(H,17,18);2*1H. The van der Waals surface area contributed by atoms with Gasteiger partial charge in [-0.2, -0.15) is 0 Å². The van der Waals surface area contributed by atoms with Crippen molar-refractivity contribution in [3.63, 3.8) is 0 Å². The summed E-state index contributed by atoms with van der Waals surface area (Å²) in [5.74, 6) is -1.00. The molecule has 4 nitrogen and oxygen atoms in total. The van der Waals surface area contributed by atoms with Gasteiger partial charge in [-0.25, -0.2) is 0 Å². The average Bonchev–Trinajstić information content (AvgIpc) is 2.23. The highest BCUT2D eigenvalue weighted by atomic mass is 79.9. The summed E-state index contributed by atoms with van der Waals surface area (Å²) in [6.07, 6.45) is 3.96. The fourth-order valence-electron chi connectivity index (χ4n) is 5.62. The zero-order chi connectivity index (χ0) is 13.3. The van der Waals surface area contributed by atoms with E-state index in [1.165, 1.54) is 0 Å². The molecule has 0 spiro atoms. The molecule has 4 rings (SSSR count). The van der Waals surface area contributed by atoms with Crippen molar-refractivity contribution >= 4 is 45.9 Å². The predicted molar refractivity (Wildman–Crippen MR) is 84.6 cm³/mol. The molecule has 0 amide bonds. The van der Waals surface area contributed by atoms with Crippen LogP contribution >= 0.6 is 34.0 Å². The van der Waals surface area contributed by atoms with Crippen LogP contribution in [0.1, 0.15) is 46.0 Å². The molecule has 3 atom stereocenters. The maximum Gasteiger partial charge on any atom is 0.311 e. The van der Waals surface area contributed by atoms with Crippen molar-refractivity contribution in [1.82, 2.24) is 0 Å². The van der Waals surface area contributed by atoms with Gasteiger partial charge in [0.2, 0.25) is 0 Å². The maximum atomic E-state index is 11.9. The van der Waals surface area contributed by atoms with Gasteiger partial charge in [0, 0.05) is 0 Å². The summed E-state index contributed by atoms with van der Waals surface area (Å²) in [4.78, 5) is 23.7. The van der Waals surface area contributed by atoms with Gasteiger partial charge in [0.1, 0.15) is 0 Å². The molecule has 0 saturated heterocycles. The van der Waals surface area contributed by atoms with E-state index in [1.807, 2.05) is 6.92 Å². The van der Waals surface area contributed by atoms with E-state index >= 15 is 0 Å². The van der Waals surface area contributed by atoms with Crippen molar-refractivity contribution in [2.24, 2.45) is 28.1 Å². The van der Waals surface area contributed by atoms with Crippen LogP contribution in [0.15, 0.2) is 0 Å². The largest absolute Gasteiger partial charge is 0.481 e. The van der Waals surface area contributed by atoms with Gasteiger partial charge in [0.25, 0.3) is 0 Å². The molecule has 0 aromatic rings. The minimum absolute atomic E-state index is 0. The third kappa shape index (κ3) is 1.76. The van der Waals surface area contributed by atoms with E-state index < -0.39 is 22.8 Å². The molecule has 0 aromatic carbocycles. The zero-order valence-electron chi connectivity index (χ0n) is 11.7. The maximum absolute atomic E-state index is 11.9. The summed E-state index contributed by atoms with van der Waals surface area (Å²) in [5, 5.41) is 19.4. The van der Waals surface area contributed by atoms with Crippen LogP contribution in [0.25, 0.3) is 0 Å². The summed E-state index contributed by atoms with van der Waals surface area (Å²) >= 11 is 0. The number of carboxylic acid groups (broad SMARTS) is 2. The van der Waals surface area contributed by atoms with Gasteiger partial charge >= 0.3 is 11.9 Å². The van der Waals surface area contributed by atoms with Crippen LogP contribution in [0.3, 0.4) is 0 Å². The van der Waals surface area contributed by atoms with Crippen molar-refractivity contribution in [2.75, 3.05) is 0 Å². The van der Waals surface area contributed by atoms with Crippen molar-refractivity contribution < 1.29 is 19.8 Å². The van der Waals surface area contributed by atoms with Gasteiger partial charge in [-0.15, -0.1) is 34.0 Å². The Labute approximate surface area is 139 Å². The van der Waals surface area contributed by atoms with Crippen LogP contribution in [0, 0.1) is 28.1 Å². The number of halogens is 2. The predicted octanol–water partition coefficient (Wildman–Crippen LogP) is 3.53. The Hall–Kier alpha value is -0.100. The van der Waals surface area contributed by atoms with Crippen LogP contribution in [0.2, 0.25) is 0 Å². The van der Waals surface area contributed by atoms with E-state index in [9.17, 15) is 19.8 Å². The fraction of sp³-hybridized carbons (Fsp3) is 0.857. The molecule has 0 heterocycles. The normalized spacial score (nSPS) is 48.1. The van der Waals surface area contributed by atoms with Crippen molar-refractivity contribution in [3.8, 4) is 0 Å². The second-order valence-electron chi connectivity index (χ2n) is 7.16. The lowest BCUT2D eigenvalue weighted by atomic mass is 9.34. The Morgan fingerprint density at radius 1 is 0.900 bits per heavy atom. The van der Waals surface area contributed by atoms with E-state index in [1.54, 1.807) is 6.92 Å². The first-order valence-electron chi connectivity index (χ1n) is 6.72. The van der Waals surface area contributed by atoms with Gasteiger partial charge < -0.3 is 10.2 Å². The minimum atomic E-state index is -1.13. The molecule has 4 fully saturated rings. The van der Waals surface area contributed by atoms with E-state index in [4.69, 9.17) is 0 Å². The number of aliphatic carboxylic acids is 2. The van der Waals surface area contributed by atoms with Gasteiger partial charge in [-0.1, -0.05) is 6.92 Å². The SMILES string of the molecule is Br.Br.CC12CC3CC(C1)CC(C(=O)O)(C3)C2(C)C(=O)O. The third-order valence-electron chi connectivity index (χ3n) is 6.42. The molecule has 2 N–H and O–H groups in total. The number of hydrogen-bond acceptors (Lipinski definition) is 2. The summed E-state index contributed by atoms with van der Waals surface area (Å²) in [7, 11) is 0. The molecule has 3 unspecified atom stereocenters. The van der Waals surface area contributed by atoms with Crippen LogP contribution in [0.4, 0.5) is 0 Å². The Balaban J connectivity index is 0.000001000. The Kier molecular flexibility index (Phi) is 4.46. The molecule has 0 aromatic heterocycles. The summed E-state index contributed by atoms with van der Waals surface area (Å²) in [6, 6.07) is 0. The molecular formula is C14H22Br2O4. The Bertz CT molecular complexity index is 436. The highest BCUT2D eigenvalue weighted by molar-refractivity contribution is 8.93. The number of rotatable bonds is 2. The molecule has 4 saturated carbocycles. The van der Waals surface area contributed by atoms with Crippen LogP contribution < -0.4 is 0 Å². The highest BCUT2D eigenvalue weighted by Crippen LogP contribution is 2.73. The smallest absolute Gasteiger partial charge is 0.311 e. The van der Waals surface area contributed by atoms with Gasteiger partial charge in [-0.3, -0.25) is 9.59 Å². The first kappa shape index (κ1) is 18.0. The Morgan fingerprint density at radius 2 is 1.35 bits per heavy atom. The van der Waals surface area contributed by atoms with E-state index in [-0.39, 0.29) is 39.4 Å². The topological polar surface area (TPSA) is 74.6 Å². The van der Waals surface area contributed by atoms with Crippen LogP contribution in [-0.4, -0.2) is 22.2 Å². The van der Waals surface area contributed by atoms with Crippen molar-refractivity contribution in [3.05, 3.63) is 0 Å². The van der Waals surface area contributed by atoms with Gasteiger partial charge in [0.05, 0.1) is 10.8 Å². The molecule has 4 aliphatic rings. The van der Waals surface area contributed by atoms with E-state index in [2.05, 4.69) is 0 Å². The zero-order valence-corrected chi connectivity index (χ0v) is 15.1. The van der Waals surface area contributed by atoms with Crippen molar-refractivity contribution in [2.45, 2.75) is 46.0 Å². The molecule has 6 heteroatoms. The van der Waals surface area contributed by atoms with Crippen LogP contribution in [0.5, 0.6) is 0 Å². The van der Waals surface area contributed by atoms with E-state index in [0.717, 1.165) is 19.3 Å². The average molecular weight is 414 g/mol. The van der Waals surface area contributed by atoms with Crippen LogP contribution in [-0.2, 0) is 9.59 Å². The molecule has 20 heavy (non-hydrogen) atoms. The molecule has 116 valence electrons. The fourth-order valence-corrected chi connectivity index (χ4v) is 5.62. The molecule has 4 bridgehead atoms. The number of hydrogen-bond donors (Lipinski definition) is 2. The number of carboxylic acids is 2. The minimum Gasteiger partial charge on any atom is -0.481 e. The lowest BCUT2D eigenvalue weighted by molar-refractivity contribution is -0.235. The quantitative estimate of drug-likeness (QED) is 0.725. The van der Waals surface area contributed by atoms with Gasteiger partial charge in [-0.05, 0) is 56.3 Å². The summed E-state index contributed by atoms with van der Waals surface area (Å²) in [6.45, 7) is 3.68. The first-order valence-corrected chi connectivity index (χ1v) is 6.72. The monoisotopic (exact) mass is 412 g/mol. The van der Waals surface area contributed by atoms with Gasteiger partial charge in [0.15, 0.2) is 0 Å². The lowest BCUT2D eigenvalue weighted by Crippen LogP contribution is -2.68. The molecular weight excluding hydrogens is 392 g/mol. The molecule has 0 aliphatic heterocycles. The third-order valence-corrected chi connectivity index (χ3v) is 6.42. The second-order valence-corrected chi connectivity index (χ2v) is 7.16. The Morgan fingerprint density at radius 3 is 1.70 bits per heavy atom. The molecule has 4 aliphatic carbocycles.